The summed E-state index contributed by atoms with van der Waals surface area (Å²) in [4.78, 5) is 2.07. The average Bonchev–Trinajstić information content (AvgIpc) is 2.65. The normalized spacial score (nSPS) is 14.2. The zero-order chi connectivity index (χ0) is 15.5. The third kappa shape index (κ3) is 5.11. The van der Waals surface area contributed by atoms with Gasteiger partial charge in [0.1, 0.15) is 4.21 Å². The monoisotopic (exact) mass is 382 g/mol. The number of thiophene rings is 1. The summed E-state index contributed by atoms with van der Waals surface area (Å²) in [7, 11) is 0.544. The van der Waals surface area contributed by atoms with Crippen LogP contribution in [-0.4, -0.2) is 40.0 Å². The summed E-state index contributed by atoms with van der Waals surface area (Å²) in [5, 5.41) is 0. The molecule has 0 aliphatic rings. The van der Waals surface area contributed by atoms with Crippen molar-refractivity contribution >= 4 is 37.3 Å². The fourth-order valence-corrected chi connectivity index (χ4v) is 5.21. The molecule has 1 N–H and O–H groups in total. The molecule has 0 radical (unpaired) electrons. The lowest BCUT2D eigenvalue weighted by Gasteiger charge is -2.26. The molecule has 0 aromatic carbocycles. The van der Waals surface area contributed by atoms with E-state index in [9.17, 15) is 8.42 Å². The van der Waals surface area contributed by atoms with Crippen LogP contribution in [0.3, 0.4) is 0 Å². The van der Waals surface area contributed by atoms with E-state index in [1.54, 1.807) is 6.07 Å². The molecule has 1 unspecified atom stereocenters. The smallest absolute Gasteiger partial charge is 0.250 e. The summed E-state index contributed by atoms with van der Waals surface area (Å²) in [5.41, 5.74) is 0.946. The zero-order valence-corrected chi connectivity index (χ0v) is 15.8. The summed E-state index contributed by atoms with van der Waals surface area (Å²) in [6.45, 7) is 6.61. The van der Waals surface area contributed by atoms with Gasteiger partial charge < -0.3 is 4.90 Å². The Morgan fingerprint density at radius 2 is 2.00 bits per heavy atom. The number of hydrogen-bond donors (Lipinski definition) is 1. The van der Waals surface area contributed by atoms with Crippen LogP contribution in [0.25, 0.3) is 0 Å². The van der Waals surface area contributed by atoms with Crippen molar-refractivity contribution in [2.75, 3.05) is 20.6 Å². The fraction of sp³-hybridized carbons (Fsp3) is 0.692. The van der Waals surface area contributed by atoms with E-state index in [0.717, 1.165) is 15.8 Å². The van der Waals surface area contributed by atoms with Gasteiger partial charge in [-0.2, -0.15) is 0 Å². The molecular formula is C13H23BrN2O2S2. The minimum atomic E-state index is -3.41. The SMILES string of the molecule is Cc1cc(S(=O)(=O)NCC(CC(C)C)N(C)C)sc1Br. The van der Waals surface area contributed by atoms with Crippen molar-refractivity contribution in [1.82, 2.24) is 9.62 Å². The van der Waals surface area contributed by atoms with Crippen LogP contribution in [0.4, 0.5) is 0 Å². The molecule has 0 aliphatic heterocycles. The van der Waals surface area contributed by atoms with Crippen molar-refractivity contribution in [3.8, 4) is 0 Å². The van der Waals surface area contributed by atoms with E-state index in [0.29, 0.717) is 16.7 Å². The Balaban J connectivity index is 2.75. The molecule has 20 heavy (non-hydrogen) atoms. The van der Waals surface area contributed by atoms with Crippen LogP contribution in [-0.2, 0) is 10.0 Å². The first kappa shape index (κ1) is 18.1. The largest absolute Gasteiger partial charge is 0.305 e. The van der Waals surface area contributed by atoms with E-state index in [-0.39, 0.29) is 6.04 Å². The maximum atomic E-state index is 12.3. The van der Waals surface area contributed by atoms with E-state index < -0.39 is 10.0 Å². The van der Waals surface area contributed by atoms with Gasteiger partial charge in [0.05, 0.1) is 3.79 Å². The van der Waals surface area contributed by atoms with Gasteiger partial charge in [0.2, 0.25) is 10.0 Å². The first-order chi connectivity index (χ1) is 9.13. The van der Waals surface area contributed by atoms with Crippen LogP contribution < -0.4 is 4.72 Å². The lowest BCUT2D eigenvalue weighted by atomic mass is 10.0. The number of likely N-dealkylation sites (N-methyl/N-ethyl adjacent to an activating group) is 1. The van der Waals surface area contributed by atoms with Crippen molar-refractivity contribution in [3.05, 3.63) is 15.4 Å². The summed E-state index contributed by atoms with van der Waals surface area (Å²) >= 11 is 4.61. The lowest BCUT2D eigenvalue weighted by molar-refractivity contribution is 0.255. The van der Waals surface area contributed by atoms with Gasteiger partial charge >= 0.3 is 0 Å². The van der Waals surface area contributed by atoms with Gasteiger partial charge in [0.25, 0.3) is 0 Å². The Hall–Kier alpha value is 0.0500. The van der Waals surface area contributed by atoms with Gasteiger partial charge in [-0.1, -0.05) is 13.8 Å². The molecule has 1 aromatic heterocycles. The lowest BCUT2D eigenvalue weighted by Crippen LogP contribution is -2.40. The maximum absolute atomic E-state index is 12.3. The highest BCUT2D eigenvalue weighted by Crippen LogP contribution is 2.30. The zero-order valence-electron chi connectivity index (χ0n) is 12.6. The number of hydrogen-bond acceptors (Lipinski definition) is 4. The Bertz CT molecular complexity index is 519. The maximum Gasteiger partial charge on any atom is 0.250 e. The Morgan fingerprint density at radius 1 is 1.40 bits per heavy atom. The first-order valence-electron chi connectivity index (χ1n) is 6.55. The van der Waals surface area contributed by atoms with Crippen LogP contribution in [0, 0.1) is 12.8 Å². The van der Waals surface area contributed by atoms with Crippen molar-refractivity contribution in [2.24, 2.45) is 5.92 Å². The summed E-state index contributed by atoms with van der Waals surface area (Å²) in [6.07, 6.45) is 0.961. The van der Waals surface area contributed by atoms with Gasteiger partial charge in [-0.3, -0.25) is 0 Å². The number of nitrogens with zero attached hydrogens (tertiary/aromatic N) is 1. The molecule has 1 heterocycles. The van der Waals surface area contributed by atoms with E-state index >= 15 is 0 Å². The standard InChI is InChI=1S/C13H23BrN2O2S2/c1-9(2)6-11(16(4)5)8-15-20(17,18)12-7-10(3)13(14)19-12/h7,9,11,15H,6,8H2,1-5H3. The second-order valence-corrected chi connectivity index (χ2v) is 9.98. The van der Waals surface area contributed by atoms with E-state index in [2.05, 4.69) is 39.4 Å². The highest BCUT2D eigenvalue weighted by Gasteiger charge is 2.21. The van der Waals surface area contributed by atoms with Gasteiger partial charge in [0.15, 0.2) is 0 Å². The van der Waals surface area contributed by atoms with Gasteiger partial charge in [-0.15, -0.1) is 11.3 Å². The van der Waals surface area contributed by atoms with Crippen LogP contribution in [0.2, 0.25) is 0 Å². The van der Waals surface area contributed by atoms with Crippen molar-refractivity contribution in [1.29, 1.82) is 0 Å². The predicted octanol–water partition coefficient (Wildman–Crippen LogP) is 3.07. The highest BCUT2D eigenvalue weighted by atomic mass is 79.9. The second-order valence-electron chi connectivity index (χ2n) is 5.62. The number of sulfonamides is 1. The molecule has 1 atom stereocenters. The van der Waals surface area contributed by atoms with Crippen LogP contribution >= 0.6 is 27.3 Å². The van der Waals surface area contributed by atoms with Crippen LogP contribution in [0.5, 0.6) is 0 Å². The number of halogens is 1. The molecule has 116 valence electrons. The topological polar surface area (TPSA) is 49.4 Å². The van der Waals surface area contributed by atoms with E-state index in [1.165, 1.54) is 11.3 Å². The Kier molecular flexibility index (Phi) is 6.66. The number of nitrogens with one attached hydrogen (secondary N) is 1. The summed E-state index contributed by atoms with van der Waals surface area (Å²) < 4.78 is 28.5. The summed E-state index contributed by atoms with van der Waals surface area (Å²) in [5.74, 6) is 0.532. The van der Waals surface area contributed by atoms with E-state index in [1.807, 2.05) is 21.0 Å². The fourth-order valence-electron chi connectivity index (χ4n) is 1.86. The number of rotatable bonds is 7. The predicted molar refractivity (Wildman–Crippen MR) is 88.9 cm³/mol. The molecule has 1 rings (SSSR count). The molecule has 0 bridgehead atoms. The van der Waals surface area contributed by atoms with Gasteiger partial charge in [-0.25, -0.2) is 13.1 Å². The van der Waals surface area contributed by atoms with Gasteiger partial charge in [0, 0.05) is 12.6 Å². The van der Waals surface area contributed by atoms with Crippen LogP contribution in [0.15, 0.2) is 14.1 Å². The molecule has 4 nitrogen and oxygen atoms in total. The Labute approximate surface area is 134 Å². The highest BCUT2D eigenvalue weighted by molar-refractivity contribution is 9.11. The number of aryl methyl sites for hydroxylation is 1. The molecule has 0 saturated heterocycles. The first-order valence-corrected chi connectivity index (χ1v) is 9.64. The van der Waals surface area contributed by atoms with Crippen LogP contribution in [0.1, 0.15) is 25.8 Å². The third-order valence-corrected chi connectivity index (χ3v) is 7.12. The molecule has 7 heteroatoms. The molecule has 0 saturated carbocycles. The van der Waals surface area contributed by atoms with Crippen molar-refractivity contribution < 1.29 is 8.42 Å². The molecule has 0 spiro atoms. The second kappa shape index (κ2) is 7.35. The molecule has 1 aromatic rings. The quantitative estimate of drug-likeness (QED) is 0.787. The molecular weight excluding hydrogens is 360 g/mol. The van der Waals surface area contributed by atoms with E-state index in [4.69, 9.17) is 0 Å². The molecule has 0 fully saturated rings. The minimum Gasteiger partial charge on any atom is -0.305 e. The molecule has 0 aliphatic carbocycles. The van der Waals surface area contributed by atoms with Crippen molar-refractivity contribution in [2.45, 2.75) is 37.4 Å². The minimum absolute atomic E-state index is 0.203. The average molecular weight is 383 g/mol. The van der Waals surface area contributed by atoms with Crippen molar-refractivity contribution in [3.63, 3.8) is 0 Å². The van der Waals surface area contributed by atoms with Gasteiger partial charge in [-0.05, 0) is 60.9 Å². The summed E-state index contributed by atoms with van der Waals surface area (Å²) in [6, 6.07) is 1.90. The Morgan fingerprint density at radius 3 is 2.40 bits per heavy atom. The third-order valence-electron chi connectivity index (χ3n) is 3.08. The molecule has 0 amide bonds.